The zero-order valence-electron chi connectivity index (χ0n) is 25.2. The van der Waals surface area contributed by atoms with Crippen LogP contribution in [0.4, 0.5) is 5.69 Å². The minimum Gasteiger partial charge on any atom is -0.507 e. The molecule has 1 aromatic rings. The molecule has 2 aliphatic carbocycles. The van der Waals surface area contributed by atoms with Crippen molar-refractivity contribution in [2.24, 2.45) is 23.5 Å². The molecule has 0 heterocycles. The van der Waals surface area contributed by atoms with Crippen molar-refractivity contribution >= 4 is 28.9 Å². The molecule has 6 N–H and O–H groups in total. The third kappa shape index (κ3) is 6.01. The van der Waals surface area contributed by atoms with Crippen LogP contribution < -0.4 is 10.6 Å². The smallest absolute Gasteiger partial charge is 0.225 e. The summed E-state index contributed by atoms with van der Waals surface area (Å²) >= 11 is 0. The van der Waals surface area contributed by atoms with Gasteiger partial charge in [-0.25, -0.2) is 0 Å². The molecule has 0 saturated heterocycles. The molecule has 0 aliphatic heterocycles. The number of rotatable bonds is 13. The molecular formula is C31H47N3O7. The van der Waals surface area contributed by atoms with Gasteiger partial charge in [0.05, 0.1) is 18.6 Å². The molecule has 2 aliphatic rings. The first kappa shape index (κ1) is 32.6. The fraction of sp³-hybridized carbons (Fsp3) is 0.645. The van der Waals surface area contributed by atoms with Crippen LogP contribution in [0.1, 0.15) is 69.1 Å². The Labute approximate surface area is 242 Å². The van der Waals surface area contributed by atoms with Crippen LogP contribution >= 0.6 is 0 Å². The number of nitrogens with two attached hydrogens (primary N) is 1. The van der Waals surface area contributed by atoms with Crippen molar-refractivity contribution in [1.29, 1.82) is 0 Å². The minimum absolute atomic E-state index is 0.0831. The predicted molar refractivity (Wildman–Crippen MR) is 158 cm³/mol. The second kappa shape index (κ2) is 12.9. The van der Waals surface area contributed by atoms with Crippen LogP contribution in [0.5, 0.6) is 5.75 Å². The molecule has 1 unspecified atom stereocenters. The number of phenols is 1. The Morgan fingerprint density at radius 2 is 1.78 bits per heavy atom. The van der Waals surface area contributed by atoms with Crippen molar-refractivity contribution in [3.8, 4) is 5.75 Å². The number of hydrogen-bond acceptors (Lipinski definition) is 9. The Balaban J connectivity index is 2.19. The van der Waals surface area contributed by atoms with E-state index in [0.717, 1.165) is 31.4 Å². The number of ketones is 2. The number of carbonyl (C=O) groups is 3. The minimum atomic E-state index is -2.68. The molecule has 3 rings (SSSR count). The molecule has 0 bridgehead atoms. The quantitative estimate of drug-likeness (QED) is 0.223. The Morgan fingerprint density at radius 3 is 2.29 bits per heavy atom. The highest BCUT2D eigenvalue weighted by atomic mass is 16.3. The van der Waals surface area contributed by atoms with Crippen molar-refractivity contribution < 1.29 is 34.8 Å². The van der Waals surface area contributed by atoms with E-state index >= 15 is 0 Å². The lowest BCUT2D eigenvalue weighted by Gasteiger charge is -2.47. The summed E-state index contributed by atoms with van der Waals surface area (Å²) < 4.78 is 0. The normalized spacial score (nSPS) is 23.0. The number of aliphatic hydroxyl groups excluding tert-OH is 2. The van der Waals surface area contributed by atoms with Gasteiger partial charge in [0, 0.05) is 37.3 Å². The average molecular weight is 574 g/mol. The van der Waals surface area contributed by atoms with Crippen molar-refractivity contribution in [3.63, 3.8) is 0 Å². The number of anilines is 1. The third-order valence-corrected chi connectivity index (χ3v) is 9.25. The van der Waals surface area contributed by atoms with Crippen molar-refractivity contribution in [3.05, 3.63) is 28.3 Å². The van der Waals surface area contributed by atoms with Gasteiger partial charge in [-0.3, -0.25) is 14.4 Å². The van der Waals surface area contributed by atoms with E-state index in [9.17, 15) is 34.8 Å². The number of Topliss-reactive ketones (excluding diaryl/α,β-unsaturated/α-hetero) is 2. The number of hydrogen-bond donors (Lipinski definition) is 5. The number of aliphatic hydroxyl groups is 3. The SMILES string of the molecule is CCC(CC)CCCc1cc(N(C)C)c2c(c1O)C(O)=C1C(=O)[C@](O)(C(=O)CC(N)=O)[C@H](C(CO)N(C)C)C[C@@H]1C2. The zero-order valence-corrected chi connectivity index (χ0v) is 25.2. The maximum atomic E-state index is 14.1. The summed E-state index contributed by atoms with van der Waals surface area (Å²) in [5.74, 6) is -4.72. The fourth-order valence-corrected chi connectivity index (χ4v) is 6.82. The molecule has 1 fully saturated rings. The number of phenolic OH excluding ortho intramolecular Hbond substituents is 1. The topological polar surface area (TPSA) is 165 Å². The number of benzene rings is 1. The maximum absolute atomic E-state index is 14.1. The largest absolute Gasteiger partial charge is 0.507 e. The van der Waals surface area contributed by atoms with Crippen molar-refractivity contribution in [2.45, 2.75) is 76.9 Å². The van der Waals surface area contributed by atoms with Crippen molar-refractivity contribution in [1.82, 2.24) is 4.90 Å². The number of fused-ring (bicyclic) bond motifs is 2. The van der Waals surface area contributed by atoms with Crippen molar-refractivity contribution in [2.75, 3.05) is 39.7 Å². The maximum Gasteiger partial charge on any atom is 0.225 e. The number of amides is 1. The number of nitrogens with zero attached hydrogens (tertiary/aromatic N) is 2. The molecule has 41 heavy (non-hydrogen) atoms. The van der Waals surface area contributed by atoms with Gasteiger partial charge in [0.1, 0.15) is 11.5 Å². The van der Waals surface area contributed by atoms with Crippen LogP contribution in [0.3, 0.4) is 0 Å². The van der Waals surface area contributed by atoms with Crippen LogP contribution in [-0.2, 0) is 27.2 Å². The second-order valence-electron chi connectivity index (χ2n) is 12.1. The van der Waals surface area contributed by atoms with Gasteiger partial charge in [0.15, 0.2) is 11.4 Å². The molecule has 10 heteroatoms. The summed E-state index contributed by atoms with van der Waals surface area (Å²) in [6, 6.07) is 1.15. The number of aromatic hydroxyl groups is 1. The molecule has 0 aromatic heterocycles. The third-order valence-electron chi connectivity index (χ3n) is 9.25. The summed E-state index contributed by atoms with van der Waals surface area (Å²) in [7, 11) is 7.08. The molecule has 228 valence electrons. The van der Waals surface area contributed by atoms with Crippen LogP contribution in [0.25, 0.3) is 5.76 Å². The second-order valence-corrected chi connectivity index (χ2v) is 12.1. The van der Waals surface area contributed by atoms with Crippen LogP contribution in [0.2, 0.25) is 0 Å². The first-order chi connectivity index (χ1) is 19.2. The number of likely N-dealkylation sites (N-methyl/N-ethyl adjacent to an activating group) is 1. The lowest BCUT2D eigenvalue weighted by Crippen LogP contribution is -2.64. The monoisotopic (exact) mass is 573 g/mol. The van der Waals surface area contributed by atoms with E-state index in [4.69, 9.17) is 5.73 Å². The molecule has 0 radical (unpaired) electrons. The molecule has 4 atom stereocenters. The summed E-state index contributed by atoms with van der Waals surface area (Å²) in [4.78, 5) is 42.5. The summed E-state index contributed by atoms with van der Waals surface area (Å²) in [5.41, 5.74) is 4.71. The Kier molecular flexibility index (Phi) is 10.3. The Hall–Kier alpha value is -2.95. The van der Waals surface area contributed by atoms with Gasteiger partial charge < -0.3 is 36.0 Å². The summed E-state index contributed by atoms with van der Waals surface area (Å²) in [6.07, 6.45) is 4.09. The highest BCUT2D eigenvalue weighted by Crippen LogP contribution is 2.51. The highest BCUT2D eigenvalue weighted by molar-refractivity contribution is 6.23. The Morgan fingerprint density at radius 1 is 1.15 bits per heavy atom. The molecular weight excluding hydrogens is 526 g/mol. The zero-order chi connectivity index (χ0) is 30.8. The van der Waals surface area contributed by atoms with Gasteiger partial charge in [-0.1, -0.05) is 33.1 Å². The van der Waals surface area contributed by atoms with Crippen LogP contribution in [-0.4, -0.2) is 89.2 Å². The predicted octanol–water partition coefficient (Wildman–Crippen LogP) is 2.35. The number of primary amides is 1. The van der Waals surface area contributed by atoms with Gasteiger partial charge in [0.2, 0.25) is 11.7 Å². The average Bonchev–Trinajstić information content (AvgIpc) is 2.89. The van der Waals surface area contributed by atoms with E-state index in [1.165, 1.54) is 0 Å². The summed E-state index contributed by atoms with van der Waals surface area (Å²) in [5, 5.41) is 45.0. The van der Waals surface area contributed by atoms with Gasteiger partial charge >= 0.3 is 0 Å². The van der Waals surface area contributed by atoms with Gasteiger partial charge in [0.25, 0.3) is 0 Å². The van der Waals surface area contributed by atoms with E-state index in [0.29, 0.717) is 23.5 Å². The lowest BCUT2D eigenvalue weighted by atomic mass is 9.59. The van der Waals surface area contributed by atoms with E-state index in [-0.39, 0.29) is 29.7 Å². The molecule has 10 nitrogen and oxygen atoms in total. The lowest BCUT2D eigenvalue weighted by molar-refractivity contribution is -0.163. The first-order valence-corrected chi connectivity index (χ1v) is 14.6. The summed E-state index contributed by atoms with van der Waals surface area (Å²) in [6.45, 7) is 3.88. The molecule has 1 amide bonds. The van der Waals surface area contributed by atoms with Gasteiger partial charge in [-0.2, -0.15) is 0 Å². The standard InChI is InChI=1S/C31H47N3O7/c1-7-17(8-2)10-9-11-18-14-22(33(3)4)20-12-19-13-21(23(16-35)34(5)6)31(41,24(36)15-25(32)37)30(40)26(19)29(39)27(20)28(18)38/h14,17,19,21,23,35,38-39,41H,7-13,15-16H2,1-6H3,(H2,32,37)/t19-,21-,23?,31+/m0/s1. The Bertz CT molecular complexity index is 1200. The van der Waals surface area contributed by atoms with E-state index in [1.807, 2.05) is 25.1 Å². The van der Waals surface area contributed by atoms with Gasteiger partial charge in [-0.05, 0) is 68.8 Å². The van der Waals surface area contributed by atoms with Crippen LogP contribution in [0.15, 0.2) is 11.6 Å². The molecule has 0 spiro atoms. The van der Waals surface area contributed by atoms with Gasteiger partial charge in [-0.15, -0.1) is 0 Å². The van der Waals surface area contributed by atoms with Crippen LogP contribution in [0, 0.1) is 17.8 Å². The number of aryl methyl sites for hydroxylation is 1. The van der Waals surface area contributed by atoms with E-state index in [1.54, 1.807) is 19.0 Å². The first-order valence-electron chi connectivity index (χ1n) is 14.6. The fourth-order valence-electron chi connectivity index (χ4n) is 6.82. The highest BCUT2D eigenvalue weighted by Gasteiger charge is 2.60. The molecule has 1 aromatic carbocycles. The van der Waals surface area contributed by atoms with E-state index in [2.05, 4.69) is 13.8 Å². The molecule has 1 saturated carbocycles. The number of carbonyl (C=O) groups excluding carboxylic acids is 3. The van der Waals surface area contributed by atoms with E-state index < -0.39 is 59.7 Å².